The molecule has 0 saturated carbocycles. The number of H-pyrrole nitrogens is 1. The number of hydrogen-bond acceptors (Lipinski definition) is 1. The second-order valence-electron chi connectivity index (χ2n) is 3.75. The Morgan fingerprint density at radius 1 is 1.20 bits per heavy atom. The van der Waals surface area contributed by atoms with Crippen LogP contribution in [0.25, 0.3) is 21.7 Å². The van der Waals surface area contributed by atoms with Crippen LogP contribution in [0.1, 0.15) is 5.56 Å². The quantitative estimate of drug-likeness (QED) is 0.655. The molecule has 0 aliphatic carbocycles. The van der Waals surface area contributed by atoms with Crippen molar-refractivity contribution in [3.8, 4) is 0 Å². The lowest BCUT2D eigenvalue weighted by atomic mass is 10.1. The van der Waals surface area contributed by atoms with Crippen molar-refractivity contribution in [3.05, 3.63) is 40.5 Å². The molecule has 2 aromatic carbocycles. The van der Waals surface area contributed by atoms with Crippen LogP contribution in [0.15, 0.2) is 34.9 Å². The van der Waals surface area contributed by atoms with E-state index in [1.165, 1.54) is 16.3 Å². The largest absolute Gasteiger partial charge is 0.278 e. The van der Waals surface area contributed by atoms with Crippen molar-refractivity contribution in [2.24, 2.45) is 0 Å². The van der Waals surface area contributed by atoms with Gasteiger partial charge in [0.25, 0.3) is 0 Å². The van der Waals surface area contributed by atoms with Gasteiger partial charge in [0.05, 0.1) is 11.7 Å². The number of aromatic nitrogens is 2. The molecule has 0 fully saturated rings. The van der Waals surface area contributed by atoms with Gasteiger partial charge >= 0.3 is 0 Å². The summed E-state index contributed by atoms with van der Waals surface area (Å²) in [5.41, 5.74) is 2.34. The van der Waals surface area contributed by atoms with E-state index in [-0.39, 0.29) is 0 Å². The summed E-state index contributed by atoms with van der Waals surface area (Å²) in [7, 11) is 0. The molecule has 3 rings (SSSR count). The van der Waals surface area contributed by atoms with E-state index < -0.39 is 0 Å². The van der Waals surface area contributed by atoms with Gasteiger partial charge in [0.15, 0.2) is 0 Å². The number of halogens is 1. The number of fused-ring (bicyclic) bond motifs is 2. The molecule has 0 saturated heterocycles. The maximum Gasteiger partial charge on any atom is 0.0668 e. The molecule has 1 aromatic heterocycles. The molecule has 0 radical (unpaired) electrons. The zero-order chi connectivity index (χ0) is 10.4. The summed E-state index contributed by atoms with van der Waals surface area (Å²) in [6.07, 6.45) is 1.85. The van der Waals surface area contributed by atoms with Gasteiger partial charge in [-0.15, -0.1) is 0 Å². The summed E-state index contributed by atoms with van der Waals surface area (Å²) in [5, 5.41) is 10.6. The first-order valence-corrected chi connectivity index (χ1v) is 5.57. The fourth-order valence-electron chi connectivity index (χ4n) is 1.87. The average Bonchev–Trinajstić information content (AvgIpc) is 2.68. The maximum absolute atomic E-state index is 4.05. The van der Waals surface area contributed by atoms with E-state index in [0.29, 0.717) is 0 Å². The highest BCUT2D eigenvalue weighted by Gasteiger charge is 2.06. The summed E-state index contributed by atoms with van der Waals surface area (Å²) < 4.78 is 1.12. The topological polar surface area (TPSA) is 28.7 Å². The molecule has 0 bridgehead atoms. The fourth-order valence-corrected chi connectivity index (χ4v) is 2.53. The van der Waals surface area contributed by atoms with Gasteiger partial charge in [0.2, 0.25) is 0 Å². The first-order valence-electron chi connectivity index (χ1n) is 4.77. The van der Waals surface area contributed by atoms with Crippen molar-refractivity contribution in [1.29, 1.82) is 0 Å². The Morgan fingerprint density at radius 2 is 2.07 bits per heavy atom. The van der Waals surface area contributed by atoms with Crippen molar-refractivity contribution >= 4 is 37.6 Å². The Kier molecular flexibility index (Phi) is 1.83. The summed E-state index contributed by atoms with van der Waals surface area (Å²) in [6.45, 7) is 2.10. The molecular formula is C12H9BrN2. The van der Waals surface area contributed by atoms with E-state index in [0.717, 1.165) is 15.4 Å². The molecular weight excluding hydrogens is 252 g/mol. The lowest BCUT2D eigenvalue weighted by molar-refractivity contribution is 1.12. The minimum absolute atomic E-state index is 1.07. The van der Waals surface area contributed by atoms with Gasteiger partial charge in [-0.05, 0) is 39.7 Å². The van der Waals surface area contributed by atoms with E-state index in [1.54, 1.807) is 0 Å². The van der Waals surface area contributed by atoms with Gasteiger partial charge in [0.1, 0.15) is 0 Å². The van der Waals surface area contributed by atoms with Crippen molar-refractivity contribution < 1.29 is 0 Å². The summed E-state index contributed by atoms with van der Waals surface area (Å²) in [4.78, 5) is 0. The molecule has 0 amide bonds. The van der Waals surface area contributed by atoms with Crippen LogP contribution in [0.5, 0.6) is 0 Å². The molecule has 0 unspecified atom stereocenters. The predicted molar refractivity (Wildman–Crippen MR) is 66.0 cm³/mol. The minimum Gasteiger partial charge on any atom is -0.278 e. The van der Waals surface area contributed by atoms with Gasteiger partial charge in [-0.25, -0.2) is 0 Å². The van der Waals surface area contributed by atoms with Crippen LogP contribution in [0, 0.1) is 6.92 Å². The highest BCUT2D eigenvalue weighted by atomic mass is 79.9. The molecule has 3 aromatic rings. The Labute approximate surface area is 95.4 Å². The maximum atomic E-state index is 4.05. The lowest BCUT2D eigenvalue weighted by Crippen LogP contribution is -1.79. The molecule has 2 nitrogen and oxygen atoms in total. The number of aryl methyl sites for hydroxylation is 1. The summed E-state index contributed by atoms with van der Waals surface area (Å²) in [6, 6.07) is 8.57. The van der Waals surface area contributed by atoms with E-state index >= 15 is 0 Å². The molecule has 0 aliphatic rings. The van der Waals surface area contributed by atoms with Crippen molar-refractivity contribution in [2.75, 3.05) is 0 Å². The number of nitrogens with zero attached hydrogens (tertiary/aromatic N) is 1. The molecule has 15 heavy (non-hydrogen) atoms. The lowest BCUT2D eigenvalue weighted by Gasteiger charge is -2.03. The number of rotatable bonds is 0. The number of benzene rings is 2. The molecule has 74 valence electrons. The van der Waals surface area contributed by atoms with Crippen LogP contribution in [0.2, 0.25) is 0 Å². The van der Waals surface area contributed by atoms with Crippen molar-refractivity contribution in [1.82, 2.24) is 10.2 Å². The highest BCUT2D eigenvalue weighted by Crippen LogP contribution is 2.32. The molecule has 0 aliphatic heterocycles. The van der Waals surface area contributed by atoms with E-state index in [4.69, 9.17) is 0 Å². The number of aromatic amines is 1. The van der Waals surface area contributed by atoms with Crippen LogP contribution in [-0.4, -0.2) is 10.2 Å². The third-order valence-electron chi connectivity index (χ3n) is 2.65. The van der Waals surface area contributed by atoms with Gasteiger partial charge < -0.3 is 0 Å². The smallest absolute Gasteiger partial charge is 0.0668 e. The third-order valence-corrected chi connectivity index (χ3v) is 3.50. The second-order valence-corrected chi connectivity index (χ2v) is 4.54. The number of hydrogen-bond donors (Lipinski definition) is 1. The van der Waals surface area contributed by atoms with Crippen LogP contribution in [0.4, 0.5) is 0 Å². The Hall–Kier alpha value is -1.35. The van der Waals surface area contributed by atoms with Crippen molar-refractivity contribution in [2.45, 2.75) is 6.92 Å². The molecule has 3 heteroatoms. The van der Waals surface area contributed by atoms with Crippen LogP contribution < -0.4 is 0 Å². The van der Waals surface area contributed by atoms with Crippen molar-refractivity contribution in [3.63, 3.8) is 0 Å². The SMILES string of the molecule is Cc1ccc2cc3[nH]ncc3c(Br)c2c1. The van der Waals surface area contributed by atoms with Crippen LogP contribution in [0.3, 0.4) is 0 Å². The standard InChI is InChI=1S/C12H9BrN2/c1-7-2-3-8-5-11-10(6-14-15-11)12(13)9(8)4-7/h2-6H,1H3,(H,14,15). The molecule has 1 N–H and O–H groups in total. The summed E-state index contributed by atoms with van der Waals surface area (Å²) in [5.74, 6) is 0. The highest BCUT2D eigenvalue weighted by molar-refractivity contribution is 9.10. The number of nitrogens with one attached hydrogen (secondary N) is 1. The van der Waals surface area contributed by atoms with E-state index in [1.807, 2.05) is 6.20 Å². The van der Waals surface area contributed by atoms with Gasteiger partial charge in [-0.1, -0.05) is 23.8 Å². The summed E-state index contributed by atoms with van der Waals surface area (Å²) >= 11 is 3.64. The first kappa shape index (κ1) is 8.92. The first-order chi connectivity index (χ1) is 7.25. The van der Waals surface area contributed by atoms with Gasteiger partial charge in [-0.3, -0.25) is 5.10 Å². The zero-order valence-electron chi connectivity index (χ0n) is 8.21. The molecule has 0 atom stereocenters. The monoisotopic (exact) mass is 260 g/mol. The van der Waals surface area contributed by atoms with E-state index in [9.17, 15) is 0 Å². The molecule has 1 heterocycles. The Balaban J connectivity index is 2.58. The van der Waals surface area contributed by atoms with E-state index in [2.05, 4.69) is 57.3 Å². The van der Waals surface area contributed by atoms with Crippen LogP contribution in [-0.2, 0) is 0 Å². The third kappa shape index (κ3) is 1.27. The second kappa shape index (κ2) is 3.07. The van der Waals surface area contributed by atoms with Crippen LogP contribution >= 0.6 is 15.9 Å². The normalized spacial score (nSPS) is 11.3. The minimum atomic E-state index is 1.07. The zero-order valence-corrected chi connectivity index (χ0v) is 9.80. The Bertz CT molecular complexity index is 655. The molecule has 0 spiro atoms. The predicted octanol–water partition coefficient (Wildman–Crippen LogP) is 3.79. The fraction of sp³-hybridized carbons (Fsp3) is 0.0833. The average molecular weight is 261 g/mol. The Morgan fingerprint density at radius 3 is 2.93 bits per heavy atom. The van der Waals surface area contributed by atoms with Gasteiger partial charge in [0, 0.05) is 9.86 Å². The van der Waals surface area contributed by atoms with Gasteiger partial charge in [-0.2, -0.15) is 5.10 Å².